The van der Waals surface area contributed by atoms with Crippen molar-refractivity contribution in [2.45, 2.75) is 32.0 Å². The number of hydrogen-bond acceptors (Lipinski definition) is 3. The Labute approximate surface area is 126 Å². The van der Waals surface area contributed by atoms with E-state index in [1.807, 2.05) is 18.2 Å². The van der Waals surface area contributed by atoms with Crippen LogP contribution in [0.15, 0.2) is 48.5 Å². The van der Waals surface area contributed by atoms with Crippen LogP contribution in [0.4, 0.5) is 5.69 Å². The molecule has 1 fully saturated rings. The highest BCUT2D eigenvalue weighted by Gasteiger charge is 2.29. The highest BCUT2D eigenvalue weighted by atomic mass is 16.5. The minimum absolute atomic E-state index is 0.691. The Balaban J connectivity index is 1.78. The van der Waals surface area contributed by atoms with Crippen LogP contribution in [0.5, 0.6) is 5.75 Å². The Morgan fingerprint density at radius 1 is 1.10 bits per heavy atom. The van der Waals surface area contributed by atoms with Crippen molar-refractivity contribution in [2.75, 3.05) is 12.8 Å². The fourth-order valence-corrected chi connectivity index (χ4v) is 2.71. The van der Waals surface area contributed by atoms with Crippen LogP contribution in [0.3, 0.4) is 0 Å². The van der Waals surface area contributed by atoms with E-state index < -0.39 is 0 Å². The van der Waals surface area contributed by atoms with Gasteiger partial charge in [0, 0.05) is 30.4 Å². The largest absolute Gasteiger partial charge is 0.496 e. The summed E-state index contributed by atoms with van der Waals surface area (Å²) in [4.78, 5) is 2.52. The molecule has 0 aromatic heterocycles. The number of anilines is 1. The van der Waals surface area contributed by atoms with Crippen molar-refractivity contribution in [2.24, 2.45) is 0 Å². The molecule has 0 amide bonds. The third kappa shape index (κ3) is 3.56. The highest BCUT2D eigenvalue weighted by molar-refractivity contribution is 5.47. The van der Waals surface area contributed by atoms with Gasteiger partial charge in [-0.15, -0.1) is 0 Å². The summed E-state index contributed by atoms with van der Waals surface area (Å²) in [6.07, 6.45) is 2.58. The van der Waals surface area contributed by atoms with Crippen LogP contribution in [-0.4, -0.2) is 18.1 Å². The molecule has 3 nitrogen and oxygen atoms in total. The molecule has 3 rings (SSSR count). The summed E-state index contributed by atoms with van der Waals surface area (Å²) >= 11 is 0. The molecular formula is C18H22N2O. The van der Waals surface area contributed by atoms with Gasteiger partial charge < -0.3 is 10.5 Å². The van der Waals surface area contributed by atoms with Gasteiger partial charge in [-0.25, -0.2) is 0 Å². The maximum absolute atomic E-state index is 5.93. The van der Waals surface area contributed by atoms with Crippen LogP contribution in [0.2, 0.25) is 0 Å². The molecule has 0 spiro atoms. The van der Waals surface area contributed by atoms with Crippen molar-refractivity contribution in [3.8, 4) is 5.75 Å². The number of nitrogens with zero attached hydrogens (tertiary/aromatic N) is 1. The number of ether oxygens (including phenoxy) is 1. The van der Waals surface area contributed by atoms with E-state index in [-0.39, 0.29) is 0 Å². The Morgan fingerprint density at radius 3 is 2.52 bits per heavy atom. The highest BCUT2D eigenvalue weighted by Crippen LogP contribution is 2.32. The van der Waals surface area contributed by atoms with Crippen LogP contribution in [0.25, 0.3) is 0 Å². The van der Waals surface area contributed by atoms with Gasteiger partial charge in [0.05, 0.1) is 7.11 Å². The summed E-state index contributed by atoms with van der Waals surface area (Å²) in [6.45, 7) is 1.86. The maximum atomic E-state index is 5.93. The van der Waals surface area contributed by atoms with Gasteiger partial charge in [0.1, 0.15) is 5.75 Å². The zero-order chi connectivity index (χ0) is 14.7. The van der Waals surface area contributed by atoms with Gasteiger partial charge in [0.25, 0.3) is 0 Å². The van der Waals surface area contributed by atoms with Crippen molar-refractivity contribution >= 4 is 5.69 Å². The number of rotatable bonds is 6. The fourth-order valence-electron chi connectivity index (χ4n) is 2.71. The lowest BCUT2D eigenvalue weighted by Gasteiger charge is -2.23. The lowest BCUT2D eigenvalue weighted by atomic mass is 10.1. The quantitative estimate of drug-likeness (QED) is 0.825. The smallest absolute Gasteiger partial charge is 0.123 e. The minimum atomic E-state index is 0.691. The van der Waals surface area contributed by atoms with Gasteiger partial charge in [0.2, 0.25) is 0 Å². The molecule has 21 heavy (non-hydrogen) atoms. The zero-order valence-electron chi connectivity index (χ0n) is 12.5. The van der Waals surface area contributed by atoms with E-state index in [2.05, 4.69) is 35.2 Å². The summed E-state index contributed by atoms with van der Waals surface area (Å²) < 4.78 is 5.47. The van der Waals surface area contributed by atoms with Gasteiger partial charge >= 0.3 is 0 Å². The molecule has 0 saturated heterocycles. The van der Waals surface area contributed by atoms with Crippen molar-refractivity contribution in [1.29, 1.82) is 0 Å². The van der Waals surface area contributed by atoms with E-state index in [0.29, 0.717) is 6.04 Å². The van der Waals surface area contributed by atoms with E-state index in [9.17, 15) is 0 Å². The van der Waals surface area contributed by atoms with Crippen LogP contribution in [-0.2, 0) is 13.1 Å². The first-order valence-corrected chi connectivity index (χ1v) is 7.46. The van der Waals surface area contributed by atoms with E-state index >= 15 is 0 Å². The SMILES string of the molecule is COc1ccc(N)cc1CN(Cc1ccccc1)C1CC1. The van der Waals surface area contributed by atoms with Gasteiger partial charge in [-0.1, -0.05) is 30.3 Å². The fraction of sp³-hybridized carbons (Fsp3) is 0.333. The molecule has 1 aliphatic rings. The zero-order valence-corrected chi connectivity index (χ0v) is 12.5. The number of nitrogens with two attached hydrogens (primary N) is 1. The monoisotopic (exact) mass is 282 g/mol. The molecule has 0 atom stereocenters. The number of hydrogen-bond donors (Lipinski definition) is 1. The van der Waals surface area contributed by atoms with Crippen molar-refractivity contribution in [1.82, 2.24) is 4.90 Å². The molecule has 0 bridgehead atoms. The van der Waals surface area contributed by atoms with Crippen molar-refractivity contribution in [3.63, 3.8) is 0 Å². The molecule has 2 N–H and O–H groups in total. The predicted octanol–water partition coefficient (Wildman–Crippen LogP) is 3.44. The van der Waals surface area contributed by atoms with Gasteiger partial charge in [-0.3, -0.25) is 4.90 Å². The average Bonchev–Trinajstić information content (AvgIpc) is 3.33. The van der Waals surface area contributed by atoms with Gasteiger partial charge in [0.15, 0.2) is 0 Å². The molecule has 3 heteroatoms. The molecule has 110 valence electrons. The second kappa shape index (κ2) is 6.19. The number of benzene rings is 2. The summed E-state index contributed by atoms with van der Waals surface area (Å²) in [6, 6.07) is 17.2. The van der Waals surface area contributed by atoms with Crippen LogP contribution < -0.4 is 10.5 Å². The first-order chi connectivity index (χ1) is 10.3. The second-order valence-corrected chi connectivity index (χ2v) is 5.69. The van der Waals surface area contributed by atoms with E-state index in [4.69, 9.17) is 10.5 Å². The molecule has 2 aromatic carbocycles. The molecule has 1 aliphatic carbocycles. The minimum Gasteiger partial charge on any atom is -0.496 e. The first-order valence-electron chi connectivity index (χ1n) is 7.46. The Kier molecular flexibility index (Phi) is 4.11. The summed E-state index contributed by atoms with van der Waals surface area (Å²) in [7, 11) is 1.72. The van der Waals surface area contributed by atoms with E-state index in [0.717, 1.165) is 24.5 Å². The van der Waals surface area contributed by atoms with Crippen molar-refractivity contribution in [3.05, 3.63) is 59.7 Å². The molecular weight excluding hydrogens is 260 g/mol. The van der Waals surface area contributed by atoms with Gasteiger partial charge in [-0.2, -0.15) is 0 Å². The van der Waals surface area contributed by atoms with E-state index in [1.165, 1.54) is 24.0 Å². The number of methoxy groups -OCH3 is 1. The summed E-state index contributed by atoms with van der Waals surface area (Å²) in [5, 5.41) is 0. The Bertz CT molecular complexity index is 593. The third-order valence-corrected chi connectivity index (χ3v) is 3.97. The normalized spacial score (nSPS) is 14.4. The second-order valence-electron chi connectivity index (χ2n) is 5.69. The van der Waals surface area contributed by atoms with E-state index in [1.54, 1.807) is 7.11 Å². The van der Waals surface area contributed by atoms with Crippen LogP contribution >= 0.6 is 0 Å². The summed E-state index contributed by atoms with van der Waals surface area (Å²) in [5.74, 6) is 0.919. The maximum Gasteiger partial charge on any atom is 0.123 e. The standard InChI is InChI=1S/C18H22N2O/c1-21-18-10-7-16(19)11-15(18)13-20(17-8-9-17)12-14-5-3-2-4-6-14/h2-7,10-11,17H,8-9,12-13,19H2,1H3. The Hall–Kier alpha value is -2.00. The summed E-state index contributed by atoms with van der Waals surface area (Å²) in [5.41, 5.74) is 9.24. The third-order valence-electron chi connectivity index (χ3n) is 3.97. The molecule has 0 unspecified atom stereocenters. The molecule has 1 saturated carbocycles. The lowest BCUT2D eigenvalue weighted by Crippen LogP contribution is -2.25. The molecule has 0 heterocycles. The topological polar surface area (TPSA) is 38.5 Å². The first kappa shape index (κ1) is 14.0. The van der Waals surface area contributed by atoms with Crippen LogP contribution in [0.1, 0.15) is 24.0 Å². The predicted molar refractivity (Wildman–Crippen MR) is 86.1 cm³/mol. The molecule has 2 aromatic rings. The average molecular weight is 282 g/mol. The molecule has 0 aliphatic heterocycles. The lowest BCUT2D eigenvalue weighted by molar-refractivity contribution is 0.242. The Morgan fingerprint density at radius 2 is 1.86 bits per heavy atom. The molecule has 0 radical (unpaired) electrons. The van der Waals surface area contributed by atoms with Gasteiger partial charge in [-0.05, 0) is 36.6 Å². The van der Waals surface area contributed by atoms with Crippen LogP contribution in [0, 0.1) is 0 Å². The van der Waals surface area contributed by atoms with Crippen molar-refractivity contribution < 1.29 is 4.74 Å². The number of nitrogen functional groups attached to an aromatic ring is 1.